The molecule has 0 bridgehead atoms. The van der Waals surface area contributed by atoms with Crippen LogP contribution in [0.1, 0.15) is 18.6 Å². The Balaban J connectivity index is 2.92. The summed E-state index contributed by atoms with van der Waals surface area (Å²) in [5.74, 6) is 0.717. The first-order chi connectivity index (χ1) is 5.06. The van der Waals surface area contributed by atoms with Crippen molar-refractivity contribution in [2.45, 2.75) is 19.5 Å². The van der Waals surface area contributed by atoms with Crippen LogP contribution in [-0.4, -0.2) is 21.7 Å². The molecule has 0 spiro atoms. The molecule has 5 heteroatoms. The Labute approximate surface area is 64.0 Å². The summed E-state index contributed by atoms with van der Waals surface area (Å²) in [5.41, 5.74) is 3.56. The van der Waals surface area contributed by atoms with Gasteiger partial charge in [0.1, 0.15) is 5.82 Å². The van der Waals surface area contributed by atoms with Crippen molar-refractivity contribution in [3.05, 3.63) is 11.6 Å². The van der Waals surface area contributed by atoms with Crippen LogP contribution in [0.3, 0.4) is 0 Å². The standard InChI is InChI=1S/C6H11FN4/c1-4-9-5(11-10-4)6(2,7)3-8/h3,8H2,1-2H3,(H,9,10,11). The number of aryl methyl sites for hydroxylation is 1. The van der Waals surface area contributed by atoms with Gasteiger partial charge in [-0.3, -0.25) is 5.10 Å². The second kappa shape index (κ2) is 2.58. The van der Waals surface area contributed by atoms with Crippen molar-refractivity contribution in [3.63, 3.8) is 0 Å². The van der Waals surface area contributed by atoms with Crippen molar-refractivity contribution in [2.75, 3.05) is 6.54 Å². The number of alkyl halides is 1. The van der Waals surface area contributed by atoms with Crippen LogP contribution >= 0.6 is 0 Å². The van der Waals surface area contributed by atoms with Gasteiger partial charge >= 0.3 is 0 Å². The largest absolute Gasteiger partial charge is 0.327 e. The number of nitrogens with two attached hydrogens (primary N) is 1. The Morgan fingerprint density at radius 2 is 2.36 bits per heavy atom. The summed E-state index contributed by atoms with van der Waals surface area (Å²) in [5, 5.41) is 6.22. The fourth-order valence-corrected chi connectivity index (χ4v) is 0.667. The van der Waals surface area contributed by atoms with Gasteiger partial charge in [0.15, 0.2) is 11.5 Å². The number of nitrogens with one attached hydrogen (secondary N) is 1. The zero-order valence-corrected chi connectivity index (χ0v) is 6.56. The van der Waals surface area contributed by atoms with E-state index >= 15 is 0 Å². The highest BCUT2D eigenvalue weighted by molar-refractivity contribution is 5.00. The molecule has 62 valence electrons. The average Bonchev–Trinajstić information content (AvgIpc) is 2.36. The van der Waals surface area contributed by atoms with Crippen LogP contribution < -0.4 is 5.73 Å². The molecule has 1 atom stereocenters. The van der Waals surface area contributed by atoms with Crippen LogP contribution in [0.4, 0.5) is 4.39 Å². The highest BCUT2D eigenvalue weighted by Crippen LogP contribution is 2.19. The van der Waals surface area contributed by atoms with Crippen molar-refractivity contribution in [1.29, 1.82) is 0 Å². The van der Waals surface area contributed by atoms with Gasteiger partial charge in [-0.25, -0.2) is 9.37 Å². The van der Waals surface area contributed by atoms with E-state index < -0.39 is 5.67 Å². The van der Waals surface area contributed by atoms with Gasteiger partial charge in [-0.15, -0.1) is 0 Å². The molecule has 0 saturated carbocycles. The van der Waals surface area contributed by atoms with Crippen LogP contribution in [0.5, 0.6) is 0 Å². The molecule has 4 nitrogen and oxygen atoms in total. The van der Waals surface area contributed by atoms with Gasteiger partial charge in [-0.05, 0) is 13.8 Å². The van der Waals surface area contributed by atoms with E-state index in [0.717, 1.165) is 0 Å². The predicted octanol–water partition coefficient (Wildman–Crippen LogP) is 0.257. The van der Waals surface area contributed by atoms with Crippen molar-refractivity contribution in [1.82, 2.24) is 15.2 Å². The first-order valence-electron chi connectivity index (χ1n) is 3.35. The number of hydrogen-bond acceptors (Lipinski definition) is 3. The van der Waals surface area contributed by atoms with E-state index in [1.807, 2.05) is 0 Å². The molecule has 1 aromatic rings. The Morgan fingerprint density at radius 3 is 2.73 bits per heavy atom. The van der Waals surface area contributed by atoms with Crippen LogP contribution in [0.15, 0.2) is 0 Å². The van der Waals surface area contributed by atoms with E-state index in [0.29, 0.717) is 5.82 Å². The first kappa shape index (κ1) is 8.13. The Bertz CT molecular complexity index is 242. The van der Waals surface area contributed by atoms with Crippen LogP contribution in [0.25, 0.3) is 0 Å². The number of H-pyrrole nitrogens is 1. The highest BCUT2D eigenvalue weighted by Gasteiger charge is 2.28. The molecule has 0 aromatic carbocycles. The number of aromatic nitrogens is 3. The highest BCUT2D eigenvalue weighted by atomic mass is 19.1. The minimum atomic E-state index is -1.62. The quantitative estimate of drug-likeness (QED) is 0.648. The van der Waals surface area contributed by atoms with Gasteiger partial charge < -0.3 is 5.73 Å². The smallest absolute Gasteiger partial charge is 0.188 e. The third kappa shape index (κ3) is 1.54. The summed E-state index contributed by atoms with van der Waals surface area (Å²) in [4.78, 5) is 3.83. The fraction of sp³-hybridized carbons (Fsp3) is 0.667. The molecule has 0 saturated heterocycles. The lowest BCUT2D eigenvalue weighted by atomic mass is 10.1. The van der Waals surface area contributed by atoms with Crippen molar-refractivity contribution in [2.24, 2.45) is 5.73 Å². The molecule has 1 heterocycles. The molecule has 1 rings (SSSR count). The van der Waals surface area contributed by atoms with Crippen LogP contribution in [-0.2, 0) is 5.67 Å². The molecule has 0 aliphatic carbocycles. The third-order valence-electron chi connectivity index (χ3n) is 1.45. The Kier molecular flexibility index (Phi) is 1.90. The molecule has 0 aliphatic heterocycles. The third-order valence-corrected chi connectivity index (χ3v) is 1.45. The first-order valence-corrected chi connectivity index (χ1v) is 3.35. The van der Waals surface area contributed by atoms with E-state index in [4.69, 9.17) is 5.73 Å². The Hall–Kier alpha value is -0.970. The molecule has 11 heavy (non-hydrogen) atoms. The van der Waals surface area contributed by atoms with E-state index in [1.165, 1.54) is 6.92 Å². The number of rotatable bonds is 2. The van der Waals surface area contributed by atoms with Gasteiger partial charge in [0.25, 0.3) is 0 Å². The minimum Gasteiger partial charge on any atom is -0.327 e. The monoisotopic (exact) mass is 158 g/mol. The molecule has 1 aromatic heterocycles. The molecule has 0 radical (unpaired) electrons. The summed E-state index contributed by atoms with van der Waals surface area (Å²) in [7, 11) is 0. The van der Waals surface area contributed by atoms with E-state index in [-0.39, 0.29) is 12.4 Å². The Morgan fingerprint density at radius 1 is 1.73 bits per heavy atom. The molecule has 0 amide bonds. The van der Waals surface area contributed by atoms with E-state index in [2.05, 4.69) is 15.2 Å². The van der Waals surface area contributed by atoms with Crippen LogP contribution in [0.2, 0.25) is 0 Å². The summed E-state index contributed by atoms with van der Waals surface area (Å²) < 4.78 is 13.3. The maximum absolute atomic E-state index is 13.3. The number of aromatic amines is 1. The maximum atomic E-state index is 13.3. The van der Waals surface area contributed by atoms with Gasteiger partial charge in [0.2, 0.25) is 0 Å². The molecule has 3 N–H and O–H groups in total. The molecular weight excluding hydrogens is 147 g/mol. The van der Waals surface area contributed by atoms with E-state index in [1.54, 1.807) is 6.92 Å². The van der Waals surface area contributed by atoms with Gasteiger partial charge in [0, 0.05) is 6.54 Å². The predicted molar refractivity (Wildman–Crippen MR) is 38.6 cm³/mol. The van der Waals surface area contributed by atoms with Gasteiger partial charge in [-0.1, -0.05) is 0 Å². The lowest BCUT2D eigenvalue weighted by molar-refractivity contribution is 0.190. The summed E-state index contributed by atoms with van der Waals surface area (Å²) >= 11 is 0. The molecular formula is C6H11FN4. The summed E-state index contributed by atoms with van der Waals surface area (Å²) in [6.07, 6.45) is 0. The number of halogens is 1. The van der Waals surface area contributed by atoms with Gasteiger partial charge in [0.05, 0.1) is 0 Å². The second-order valence-corrected chi connectivity index (χ2v) is 2.65. The molecule has 0 fully saturated rings. The van der Waals surface area contributed by atoms with Crippen molar-refractivity contribution < 1.29 is 4.39 Å². The normalized spacial score (nSPS) is 16.4. The lowest BCUT2D eigenvalue weighted by Gasteiger charge is -2.12. The van der Waals surface area contributed by atoms with Gasteiger partial charge in [-0.2, -0.15) is 5.10 Å². The fourth-order valence-electron chi connectivity index (χ4n) is 0.667. The van der Waals surface area contributed by atoms with Crippen molar-refractivity contribution >= 4 is 0 Å². The van der Waals surface area contributed by atoms with Crippen molar-refractivity contribution in [3.8, 4) is 0 Å². The summed E-state index contributed by atoms with van der Waals surface area (Å²) in [6.45, 7) is 2.96. The minimum absolute atomic E-state index is 0.107. The zero-order valence-electron chi connectivity index (χ0n) is 6.56. The maximum Gasteiger partial charge on any atom is 0.188 e. The lowest BCUT2D eigenvalue weighted by Crippen LogP contribution is -2.27. The number of hydrogen-bond donors (Lipinski definition) is 2. The molecule has 1 unspecified atom stereocenters. The summed E-state index contributed by atoms with van der Waals surface area (Å²) in [6, 6.07) is 0. The second-order valence-electron chi connectivity index (χ2n) is 2.65. The van der Waals surface area contributed by atoms with Crippen LogP contribution in [0, 0.1) is 6.92 Å². The SMILES string of the molecule is Cc1nc(C(C)(F)CN)n[nH]1. The van der Waals surface area contributed by atoms with E-state index in [9.17, 15) is 4.39 Å². The zero-order chi connectivity index (χ0) is 8.48. The topological polar surface area (TPSA) is 67.6 Å². The number of nitrogens with zero attached hydrogens (tertiary/aromatic N) is 2. The molecule has 0 aliphatic rings. The average molecular weight is 158 g/mol.